The molecule has 0 bridgehead atoms. The van der Waals surface area contributed by atoms with Gasteiger partial charge in [0.25, 0.3) is 5.91 Å². The molecule has 2 atom stereocenters. The van der Waals surface area contributed by atoms with E-state index in [2.05, 4.69) is 10.3 Å². The number of fused-ring (bicyclic) bond motifs is 1. The molecule has 0 aromatic heterocycles. The van der Waals surface area contributed by atoms with Gasteiger partial charge in [-0.1, -0.05) is 30.0 Å². The Bertz CT molecular complexity index is 904. The number of anilines is 1. The molecule has 26 heavy (non-hydrogen) atoms. The number of amides is 1. The highest BCUT2D eigenvalue weighted by Crippen LogP contribution is 2.40. The van der Waals surface area contributed by atoms with E-state index in [9.17, 15) is 13.2 Å². The fraction of sp³-hybridized carbons (Fsp3) is 0.353. The number of rotatable bonds is 4. The summed E-state index contributed by atoms with van der Waals surface area (Å²) in [5.41, 5.74) is 0.755. The van der Waals surface area contributed by atoms with Crippen molar-refractivity contribution < 1.29 is 13.2 Å². The second kappa shape index (κ2) is 7.51. The summed E-state index contributed by atoms with van der Waals surface area (Å²) in [5.74, 6) is -0.295. The van der Waals surface area contributed by atoms with Crippen LogP contribution in [0.25, 0.3) is 0 Å². The summed E-state index contributed by atoms with van der Waals surface area (Å²) < 4.78 is 24.0. The summed E-state index contributed by atoms with van der Waals surface area (Å²) in [6.07, 6.45) is 1.25. The van der Waals surface area contributed by atoms with Gasteiger partial charge in [-0.05, 0) is 19.1 Å². The first-order valence-electron chi connectivity index (χ1n) is 8.13. The Morgan fingerprint density at radius 2 is 2.15 bits per heavy atom. The lowest BCUT2D eigenvalue weighted by Crippen LogP contribution is -2.37. The number of benzene rings is 1. The zero-order chi connectivity index (χ0) is 18.7. The monoisotopic (exact) mass is 390 g/mol. The third-order valence-electron chi connectivity index (χ3n) is 4.11. The van der Waals surface area contributed by atoms with Crippen LogP contribution >= 0.6 is 11.8 Å². The molecule has 0 saturated carbocycles. The van der Waals surface area contributed by atoms with Crippen LogP contribution in [0.5, 0.6) is 0 Å². The molecule has 0 spiro atoms. The molecule has 0 radical (unpaired) electrons. The van der Waals surface area contributed by atoms with E-state index in [1.54, 1.807) is 6.92 Å². The second-order valence-corrected chi connectivity index (χ2v) is 9.29. The van der Waals surface area contributed by atoms with Crippen LogP contribution in [0.1, 0.15) is 6.92 Å². The van der Waals surface area contributed by atoms with E-state index in [1.807, 2.05) is 41.3 Å². The maximum Gasteiger partial charge on any atom is 0.263 e. The average molecular weight is 390 g/mol. The Labute approximate surface area is 156 Å². The number of hydrogen-bond donors (Lipinski definition) is 1. The lowest BCUT2D eigenvalue weighted by atomic mass is 10.2. The fourth-order valence-corrected chi connectivity index (χ4v) is 6.87. The Hall–Kier alpha value is -2.31. The standard InChI is InChI=1S/C17H18N4O3S2/c1-2-19-16(22)12(8-18)9-20-17-21(13-6-4-3-5-7-13)14-10-26(23,24)11-15(14)25-17/h3-7,9,14-15H,2,10-11H2,1H3,(H,19,22)/b12-9-,20-17?/t14-,15+/m0/s1. The molecule has 2 heterocycles. The summed E-state index contributed by atoms with van der Waals surface area (Å²) in [6.45, 7) is 2.19. The van der Waals surface area contributed by atoms with E-state index < -0.39 is 15.7 Å². The molecule has 9 heteroatoms. The van der Waals surface area contributed by atoms with Crippen LogP contribution in [0.2, 0.25) is 0 Å². The Kier molecular flexibility index (Phi) is 5.34. The highest BCUT2D eigenvalue weighted by atomic mass is 32.2. The van der Waals surface area contributed by atoms with Gasteiger partial charge in [-0.3, -0.25) is 4.79 Å². The van der Waals surface area contributed by atoms with Crippen LogP contribution < -0.4 is 10.2 Å². The van der Waals surface area contributed by atoms with Gasteiger partial charge in [0.05, 0.1) is 23.7 Å². The number of carbonyl (C=O) groups is 1. The SMILES string of the molecule is CCNC(=O)/C(C#N)=C\N=C1S[C@@H]2CS(=O)(=O)C[C@@H]2N1c1ccccc1. The zero-order valence-corrected chi connectivity index (χ0v) is 15.8. The minimum atomic E-state index is -3.08. The number of likely N-dealkylation sites (N-methyl/N-ethyl adjacent to an activating group) is 1. The van der Waals surface area contributed by atoms with Gasteiger partial charge in [0.15, 0.2) is 15.0 Å². The number of aliphatic imine (C=N–C) groups is 1. The van der Waals surface area contributed by atoms with Crippen LogP contribution in [0.15, 0.2) is 47.1 Å². The maximum absolute atomic E-state index is 12.0. The molecule has 1 N–H and O–H groups in total. The van der Waals surface area contributed by atoms with Crippen molar-refractivity contribution in [3.8, 4) is 6.07 Å². The van der Waals surface area contributed by atoms with Crippen LogP contribution in [-0.2, 0) is 14.6 Å². The van der Waals surface area contributed by atoms with Crippen molar-refractivity contribution in [2.24, 2.45) is 4.99 Å². The lowest BCUT2D eigenvalue weighted by Gasteiger charge is -2.24. The quantitative estimate of drug-likeness (QED) is 0.614. The highest BCUT2D eigenvalue weighted by Gasteiger charge is 2.49. The highest BCUT2D eigenvalue weighted by molar-refractivity contribution is 8.16. The van der Waals surface area contributed by atoms with E-state index in [4.69, 9.17) is 5.26 Å². The van der Waals surface area contributed by atoms with Crippen LogP contribution in [0, 0.1) is 11.3 Å². The Balaban J connectivity index is 1.96. The topological polar surface area (TPSA) is 103 Å². The second-order valence-electron chi connectivity index (χ2n) is 5.93. The fourth-order valence-electron chi connectivity index (χ4n) is 2.98. The van der Waals surface area contributed by atoms with E-state index in [-0.39, 0.29) is 28.4 Å². The third-order valence-corrected chi connectivity index (χ3v) is 7.33. The van der Waals surface area contributed by atoms with Crippen molar-refractivity contribution in [3.05, 3.63) is 42.1 Å². The van der Waals surface area contributed by atoms with Crippen molar-refractivity contribution in [1.82, 2.24) is 5.32 Å². The molecule has 0 unspecified atom stereocenters. The lowest BCUT2D eigenvalue weighted by molar-refractivity contribution is -0.117. The Morgan fingerprint density at radius 1 is 1.42 bits per heavy atom. The van der Waals surface area contributed by atoms with Gasteiger partial charge in [0.1, 0.15) is 11.6 Å². The molecule has 1 amide bonds. The molecule has 0 aliphatic carbocycles. The molecule has 2 aliphatic heterocycles. The summed E-state index contributed by atoms with van der Waals surface area (Å²) in [5, 5.41) is 12.2. The van der Waals surface area contributed by atoms with Gasteiger partial charge in [0.2, 0.25) is 0 Å². The number of hydrogen-bond acceptors (Lipinski definition) is 6. The number of carbonyl (C=O) groups excluding carboxylic acids is 1. The first-order chi connectivity index (χ1) is 12.4. The summed E-state index contributed by atoms with van der Waals surface area (Å²) in [7, 11) is -3.08. The number of para-hydroxylation sites is 1. The summed E-state index contributed by atoms with van der Waals surface area (Å²) in [4.78, 5) is 18.1. The van der Waals surface area contributed by atoms with E-state index >= 15 is 0 Å². The molecule has 1 aromatic rings. The molecule has 2 aliphatic rings. The van der Waals surface area contributed by atoms with Gasteiger partial charge in [-0.15, -0.1) is 0 Å². The molecular formula is C17H18N4O3S2. The first-order valence-corrected chi connectivity index (χ1v) is 10.8. The summed E-state index contributed by atoms with van der Waals surface area (Å²) in [6, 6.07) is 11.1. The predicted octanol–water partition coefficient (Wildman–Crippen LogP) is 1.30. The molecule has 1 aromatic carbocycles. The van der Waals surface area contributed by atoms with Crippen molar-refractivity contribution in [1.29, 1.82) is 5.26 Å². The smallest absolute Gasteiger partial charge is 0.263 e. The minimum absolute atomic E-state index is 0.0731. The van der Waals surface area contributed by atoms with Crippen molar-refractivity contribution in [3.63, 3.8) is 0 Å². The first kappa shape index (κ1) is 18.5. The van der Waals surface area contributed by atoms with E-state index in [0.717, 1.165) is 5.69 Å². The van der Waals surface area contributed by atoms with Gasteiger partial charge in [-0.2, -0.15) is 5.26 Å². The van der Waals surface area contributed by atoms with Crippen molar-refractivity contribution in [2.45, 2.75) is 18.2 Å². The number of sulfone groups is 1. The largest absolute Gasteiger partial charge is 0.352 e. The molecule has 2 saturated heterocycles. The number of nitrogens with zero attached hydrogens (tertiary/aromatic N) is 3. The van der Waals surface area contributed by atoms with E-state index in [1.165, 1.54) is 18.0 Å². The summed E-state index contributed by atoms with van der Waals surface area (Å²) >= 11 is 1.38. The van der Waals surface area contributed by atoms with Crippen LogP contribution in [0.4, 0.5) is 5.69 Å². The number of nitriles is 1. The van der Waals surface area contributed by atoms with Crippen molar-refractivity contribution in [2.75, 3.05) is 23.0 Å². The third kappa shape index (κ3) is 3.76. The molecule has 7 nitrogen and oxygen atoms in total. The number of thioether (sulfide) groups is 1. The molecule has 2 fully saturated rings. The molecule has 136 valence electrons. The van der Waals surface area contributed by atoms with Gasteiger partial charge < -0.3 is 10.2 Å². The molecular weight excluding hydrogens is 372 g/mol. The van der Waals surface area contributed by atoms with Gasteiger partial charge in [0, 0.05) is 17.5 Å². The van der Waals surface area contributed by atoms with Crippen molar-refractivity contribution >= 4 is 38.4 Å². The Morgan fingerprint density at radius 3 is 2.81 bits per heavy atom. The maximum atomic E-state index is 12.0. The van der Waals surface area contributed by atoms with Gasteiger partial charge in [-0.25, -0.2) is 13.4 Å². The number of nitrogens with one attached hydrogen (secondary N) is 1. The van der Waals surface area contributed by atoms with Crippen LogP contribution in [0.3, 0.4) is 0 Å². The van der Waals surface area contributed by atoms with Gasteiger partial charge >= 0.3 is 0 Å². The zero-order valence-electron chi connectivity index (χ0n) is 14.1. The molecule has 3 rings (SSSR count). The number of amidine groups is 1. The van der Waals surface area contributed by atoms with E-state index in [0.29, 0.717) is 11.7 Å². The normalized spacial score (nSPS) is 25.8. The minimum Gasteiger partial charge on any atom is -0.352 e. The average Bonchev–Trinajstić information content (AvgIpc) is 3.07. The predicted molar refractivity (Wildman–Crippen MR) is 103 cm³/mol. The van der Waals surface area contributed by atoms with Crippen LogP contribution in [-0.4, -0.2) is 48.8 Å².